The Morgan fingerprint density at radius 1 is 1.40 bits per heavy atom. The number of piperidine rings is 1. The number of aromatic nitrogens is 1. The highest BCUT2D eigenvalue weighted by Gasteiger charge is 2.30. The van der Waals surface area contributed by atoms with Crippen molar-refractivity contribution in [2.75, 3.05) is 13.1 Å². The van der Waals surface area contributed by atoms with Gasteiger partial charge in [0.1, 0.15) is 5.02 Å². The van der Waals surface area contributed by atoms with Crippen molar-refractivity contribution in [2.24, 2.45) is 5.92 Å². The minimum absolute atomic E-state index is 0.0224. The molecule has 0 spiro atoms. The molecule has 80 valence electrons. The Morgan fingerprint density at radius 3 is 3.13 bits per heavy atom. The number of hydrogen-bond acceptors (Lipinski definition) is 2. The summed E-state index contributed by atoms with van der Waals surface area (Å²) in [7, 11) is 0. The summed E-state index contributed by atoms with van der Waals surface area (Å²) < 4.78 is 1.86. The monoisotopic (exact) mass is 224 g/mol. The number of halogens is 1. The first-order valence-corrected chi connectivity index (χ1v) is 5.73. The van der Waals surface area contributed by atoms with E-state index in [0.29, 0.717) is 16.9 Å². The average Bonchev–Trinajstić information content (AvgIpc) is 2.25. The molecule has 0 radical (unpaired) electrons. The second kappa shape index (κ2) is 3.35. The largest absolute Gasteiger partial charge is 0.316 e. The van der Waals surface area contributed by atoms with E-state index in [1.54, 1.807) is 6.07 Å². The third kappa shape index (κ3) is 1.42. The zero-order valence-corrected chi connectivity index (χ0v) is 9.13. The Hall–Kier alpha value is -0.800. The normalized spacial score (nSPS) is 28.6. The molecule has 0 aromatic carbocycles. The van der Waals surface area contributed by atoms with Crippen molar-refractivity contribution in [2.45, 2.75) is 18.9 Å². The molecule has 2 aliphatic rings. The smallest absolute Gasteiger partial charge is 0.269 e. The molecule has 2 aliphatic heterocycles. The summed E-state index contributed by atoms with van der Waals surface area (Å²) in [5.41, 5.74) is 1.12. The van der Waals surface area contributed by atoms with Gasteiger partial charge in [-0.3, -0.25) is 4.79 Å². The van der Waals surface area contributed by atoms with Crippen molar-refractivity contribution in [1.29, 1.82) is 0 Å². The minimum atomic E-state index is -0.0224. The molecule has 3 nitrogen and oxygen atoms in total. The van der Waals surface area contributed by atoms with Crippen LogP contribution in [-0.2, 0) is 6.54 Å². The van der Waals surface area contributed by atoms with Crippen LogP contribution in [-0.4, -0.2) is 17.7 Å². The minimum Gasteiger partial charge on any atom is -0.316 e. The Bertz CT molecular complexity index is 454. The maximum Gasteiger partial charge on any atom is 0.269 e. The fourth-order valence-electron chi connectivity index (χ4n) is 2.76. The summed E-state index contributed by atoms with van der Waals surface area (Å²) in [5.74, 6) is 1.08. The highest BCUT2D eigenvalue weighted by atomic mass is 35.5. The van der Waals surface area contributed by atoms with Crippen LogP contribution in [0.3, 0.4) is 0 Å². The molecule has 3 heterocycles. The Morgan fingerprint density at radius 2 is 2.27 bits per heavy atom. The summed E-state index contributed by atoms with van der Waals surface area (Å²) in [6, 6.07) is 3.72. The second-order valence-corrected chi connectivity index (χ2v) is 4.89. The quantitative estimate of drug-likeness (QED) is 0.719. The number of nitrogens with one attached hydrogen (secondary N) is 1. The third-order valence-electron chi connectivity index (χ3n) is 3.46. The lowest BCUT2D eigenvalue weighted by Crippen LogP contribution is -2.44. The molecule has 0 amide bonds. The molecule has 3 rings (SSSR count). The van der Waals surface area contributed by atoms with Gasteiger partial charge in [-0.05, 0) is 31.0 Å². The van der Waals surface area contributed by atoms with Crippen LogP contribution in [0.15, 0.2) is 16.9 Å². The van der Waals surface area contributed by atoms with Gasteiger partial charge in [0.2, 0.25) is 0 Å². The van der Waals surface area contributed by atoms with Crippen LogP contribution >= 0.6 is 11.6 Å². The van der Waals surface area contributed by atoms with E-state index in [0.717, 1.165) is 25.3 Å². The van der Waals surface area contributed by atoms with E-state index in [1.807, 2.05) is 10.6 Å². The molecular weight excluding hydrogens is 212 g/mol. The average molecular weight is 225 g/mol. The first kappa shape index (κ1) is 9.43. The lowest BCUT2D eigenvalue weighted by atomic mass is 9.84. The lowest BCUT2D eigenvalue weighted by Gasteiger charge is -2.37. The van der Waals surface area contributed by atoms with E-state index in [4.69, 9.17) is 11.6 Å². The first-order valence-electron chi connectivity index (χ1n) is 5.35. The maximum absolute atomic E-state index is 11.9. The van der Waals surface area contributed by atoms with Crippen LogP contribution in [0.2, 0.25) is 5.02 Å². The molecule has 1 fully saturated rings. The highest BCUT2D eigenvalue weighted by molar-refractivity contribution is 6.30. The maximum atomic E-state index is 11.9. The van der Waals surface area contributed by atoms with Crippen LogP contribution in [0.25, 0.3) is 0 Å². The van der Waals surface area contributed by atoms with Crippen molar-refractivity contribution in [3.8, 4) is 0 Å². The summed E-state index contributed by atoms with van der Waals surface area (Å²) >= 11 is 5.85. The van der Waals surface area contributed by atoms with Gasteiger partial charge in [-0.1, -0.05) is 11.6 Å². The summed E-state index contributed by atoms with van der Waals surface area (Å²) in [6.07, 6.45) is 1.20. The number of fused-ring (bicyclic) bond motifs is 4. The van der Waals surface area contributed by atoms with Crippen molar-refractivity contribution in [3.63, 3.8) is 0 Å². The van der Waals surface area contributed by atoms with Gasteiger partial charge < -0.3 is 9.88 Å². The molecule has 1 N–H and O–H groups in total. The van der Waals surface area contributed by atoms with Gasteiger partial charge >= 0.3 is 0 Å². The molecule has 0 saturated carbocycles. The predicted octanol–water partition coefficient (Wildman–Crippen LogP) is 1.21. The topological polar surface area (TPSA) is 34.0 Å². The standard InChI is InChI=1S/C11H13ClN2O/c12-9-1-2-10-8-3-7(4-13-5-8)6-14(10)11(9)15/h1-2,7-8,13H,3-6H2/t7-,8+/m0/s1. The molecule has 0 unspecified atom stereocenters. The van der Waals surface area contributed by atoms with Crippen molar-refractivity contribution < 1.29 is 0 Å². The fourth-order valence-corrected chi connectivity index (χ4v) is 2.93. The molecule has 2 bridgehead atoms. The highest BCUT2D eigenvalue weighted by Crippen LogP contribution is 2.31. The number of rotatable bonds is 0. The second-order valence-electron chi connectivity index (χ2n) is 4.48. The molecule has 1 saturated heterocycles. The summed E-state index contributed by atoms with van der Waals surface area (Å²) in [5, 5.41) is 3.75. The Kier molecular flexibility index (Phi) is 2.11. The Labute approximate surface area is 93.1 Å². The molecule has 2 atom stereocenters. The van der Waals surface area contributed by atoms with Crippen LogP contribution in [0.5, 0.6) is 0 Å². The van der Waals surface area contributed by atoms with E-state index < -0.39 is 0 Å². The van der Waals surface area contributed by atoms with E-state index in [9.17, 15) is 4.79 Å². The van der Waals surface area contributed by atoms with Gasteiger partial charge in [-0.2, -0.15) is 0 Å². The predicted molar refractivity (Wildman–Crippen MR) is 59.4 cm³/mol. The zero-order chi connectivity index (χ0) is 10.4. The van der Waals surface area contributed by atoms with Gasteiger partial charge in [-0.15, -0.1) is 0 Å². The third-order valence-corrected chi connectivity index (χ3v) is 3.75. The molecular formula is C11H13ClN2O. The molecule has 0 aliphatic carbocycles. The lowest BCUT2D eigenvalue weighted by molar-refractivity contribution is 0.257. The first-order chi connectivity index (χ1) is 7.25. The summed E-state index contributed by atoms with van der Waals surface area (Å²) in [6.45, 7) is 2.82. The zero-order valence-electron chi connectivity index (χ0n) is 8.37. The molecule has 1 aromatic heterocycles. The molecule has 4 heteroatoms. The Balaban J connectivity index is 2.17. The van der Waals surface area contributed by atoms with Crippen molar-refractivity contribution >= 4 is 11.6 Å². The van der Waals surface area contributed by atoms with Gasteiger partial charge in [0.15, 0.2) is 0 Å². The van der Waals surface area contributed by atoms with Crippen molar-refractivity contribution in [3.05, 3.63) is 33.2 Å². The van der Waals surface area contributed by atoms with E-state index in [-0.39, 0.29) is 5.56 Å². The van der Waals surface area contributed by atoms with Gasteiger partial charge in [-0.25, -0.2) is 0 Å². The van der Waals surface area contributed by atoms with E-state index in [2.05, 4.69) is 5.32 Å². The van der Waals surface area contributed by atoms with Crippen LogP contribution in [0, 0.1) is 5.92 Å². The summed E-state index contributed by atoms with van der Waals surface area (Å²) in [4.78, 5) is 11.9. The SMILES string of the molecule is O=c1c(Cl)ccc2n1C[C@@H]1CNC[C@H]2C1. The molecule has 1 aromatic rings. The van der Waals surface area contributed by atoms with Gasteiger partial charge in [0, 0.05) is 24.7 Å². The molecule has 15 heavy (non-hydrogen) atoms. The van der Waals surface area contributed by atoms with Crippen LogP contribution in [0.1, 0.15) is 18.0 Å². The number of hydrogen-bond donors (Lipinski definition) is 1. The van der Waals surface area contributed by atoms with Crippen LogP contribution in [0.4, 0.5) is 0 Å². The van der Waals surface area contributed by atoms with Crippen molar-refractivity contribution in [1.82, 2.24) is 9.88 Å². The number of pyridine rings is 1. The number of nitrogens with zero attached hydrogens (tertiary/aromatic N) is 1. The van der Waals surface area contributed by atoms with E-state index >= 15 is 0 Å². The van der Waals surface area contributed by atoms with Gasteiger partial charge in [0.25, 0.3) is 5.56 Å². The van der Waals surface area contributed by atoms with Crippen LogP contribution < -0.4 is 10.9 Å². The van der Waals surface area contributed by atoms with E-state index in [1.165, 1.54) is 6.42 Å². The van der Waals surface area contributed by atoms with Gasteiger partial charge in [0.05, 0.1) is 0 Å². The fraction of sp³-hybridized carbons (Fsp3) is 0.545.